The van der Waals surface area contributed by atoms with Crippen molar-refractivity contribution in [2.45, 2.75) is 45.8 Å². The molecule has 0 N–H and O–H groups in total. The largest absolute Gasteiger partial charge is 0.509 e. The second-order valence-corrected chi connectivity index (χ2v) is 5.74. The quantitative estimate of drug-likeness (QED) is 0.781. The van der Waals surface area contributed by atoms with E-state index < -0.39 is 24.3 Å². The molecule has 0 aliphatic heterocycles. The van der Waals surface area contributed by atoms with Crippen molar-refractivity contribution < 1.29 is 23.8 Å². The second-order valence-electron chi connectivity index (χ2n) is 5.74. The van der Waals surface area contributed by atoms with Gasteiger partial charge in [-0.2, -0.15) is 0 Å². The molecule has 116 valence electrons. The molecule has 1 aromatic carbocycles. The minimum atomic E-state index is -0.871. The van der Waals surface area contributed by atoms with E-state index >= 15 is 0 Å². The van der Waals surface area contributed by atoms with Crippen LogP contribution in [-0.4, -0.2) is 30.4 Å². The summed E-state index contributed by atoms with van der Waals surface area (Å²) in [5, 5.41) is 0. The molecule has 0 saturated carbocycles. The highest BCUT2D eigenvalue weighted by atomic mass is 16.7. The van der Waals surface area contributed by atoms with Crippen molar-refractivity contribution in [2.75, 3.05) is 6.61 Å². The smallest absolute Gasteiger partial charge is 0.457 e. The van der Waals surface area contributed by atoms with E-state index in [9.17, 15) is 9.59 Å². The number of benzene rings is 1. The summed E-state index contributed by atoms with van der Waals surface area (Å²) >= 11 is 0. The van der Waals surface area contributed by atoms with Gasteiger partial charge in [0.05, 0.1) is 0 Å². The Morgan fingerprint density at radius 1 is 1.14 bits per heavy atom. The lowest BCUT2D eigenvalue weighted by Crippen LogP contribution is -2.28. The van der Waals surface area contributed by atoms with Gasteiger partial charge < -0.3 is 14.2 Å². The van der Waals surface area contributed by atoms with Crippen molar-refractivity contribution in [1.82, 2.24) is 0 Å². The maximum Gasteiger partial charge on any atom is 0.509 e. The highest BCUT2D eigenvalue weighted by Gasteiger charge is 2.19. The molecule has 0 bridgehead atoms. The van der Waals surface area contributed by atoms with E-state index in [0.717, 1.165) is 5.56 Å². The van der Waals surface area contributed by atoms with Gasteiger partial charge in [0.15, 0.2) is 6.61 Å². The highest BCUT2D eigenvalue weighted by molar-refractivity contribution is 5.74. The highest BCUT2D eigenvalue weighted by Crippen LogP contribution is 2.08. The molecule has 0 heterocycles. The summed E-state index contributed by atoms with van der Waals surface area (Å²) in [4.78, 5) is 22.8. The summed E-state index contributed by atoms with van der Waals surface area (Å²) < 4.78 is 14.8. The number of carbonyl (C=O) groups is 2. The molecule has 0 spiro atoms. The zero-order valence-corrected chi connectivity index (χ0v) is 12.9. The summed E-state index contributed by atoms with van der Waals surface area (Å²) in [7, 11) is 0. The minimum Gasteiger partial charge on any atom is -0.457 e. The van der Waals surface area contributed by atoms with Gasteiger partial charge in [-0.05, 0) is 33.3 Å². The lowest BCUT2D eigenvalue weighted by atomic mass is 10.1. The van der Waals surface area contributed by atoms with Gasteiger partial charge in [-0.1, -0.05) is 30.3 Å². The minimum absolute atomic E-state index is 0.335. The fraction of sp³-hybridized carbons (Fsp3) is 0.500. The molecule has 0 aliphatic carbocycles. The average Bonchev–Trinajstić information content (AvgIpc) is 2.35. The molecular weight excluding hydrogens is 272 g/mol. The van der Waals surface area contributed by atoms with E-state index in [2.05, 4.69) is 0 Å². The molecule has 0 fully saturated rings. The maximum absolute atomic E-state index is 11.5. The summed E-state index contributed by atoms with van der Waals surface area (Å²) in [5.74, 6) is -0.602. The van der Waals surface area contributed by atoms with E-state index in [1.807, 2.05) is 30.3 Å². The van der Waals surface area contributed by atoms with Crippen molar-refractivity contribution in [3.63, 3.8) is 0 Å². The Hall–Kier alpha value is -2.04. The Labute approximate surface area is 125 Å². The Kier molecular flexibility index (Phi) is 6.21. The van der Waals surface area contributed by atoms with Crippen LogP contribution in [0.15, 0.2) is 30.3 Å². The third kappa shape index (κ3) is 7.97. The van der Waals surface area contributed by atoms with Crippen LogP contribution in [0.1, 0.15) is 33.3 Å². The van der Waals surface area contributed by atoms with E-state index in [1.54, 1.807) is 27.7 Å². The first-order valence-corrected chi connectivity index (χ1v) is 6.85. The SMILES string of the molecule is CC(Cc1ccccc1)OC(=O)OCC(=O)OC(C)(C)C. The molecule has 1 unspecified atom stereocenters. The molecule has 1 aromatic rings. The van der Waals surface area contributed by atoms with Crippen LogP contribution in [0.4, 0.5) is 4.79 Å². The Morgan fingerprint density at radius 2 is 1.76 bits per heavy atom. The third-order valence-electron chi connectivity index (χ3n) is 2.39. The van der Waals surface area contributed by atoms with Gasteiger partial charge in [-0.25, -0.2) is 9.59 Å². The molecular formula is C16H22O5. The molecule has 1 atom stereocenters. The molecule has 0 amide bonds. The van der Waals surface area contributed by atoms with Crippen molar-refractivity contribution in [2.24, 2.45) is 0 Å². The van der Waals surface area contributed by atoms with E-state index in [0.29, 0.717) is 6.42 Å². The van der Waals surface area contributed by atoms with E-state index in [1.165, 1.54) is 0 Å². The summed E-state index contributed by atoms with van der Waals surface area (Å²) in [5.41, 5.74) is 0.454. The number of hydrogen-bond acceptors (Lipinski definition) is 5. The molecule has 1 rings (SSSR count). The van der Waals surface area contributed by atoms with Crippen LogP contribution in [0.25, 0.3) is 0 Å². The van der Waals surface area contributed by atoms with Crippen LogP contribution in [0, 0.1) is 0 Å². The Balaban J connectivity index is 2.29. The van der Waals surface area contributed by atoms with Crippen molar-refractivity contribution in [3.05, 3.63) is 35.9 Å². The van der Waals surface area contributed by atoms with Gasteiger partial charge in [-0.3, -0.25) is 0 Å². The molecule has 21 heavy (non-hydrogen) atoms. The van der Waals surface area contributed by atoms with Gasteiger partial charge in [0.1, 0.15) is 11.7 Å². The molecule has 5 heteroatoms. The summed E-state index contributed by atoms with van der Waals surface area (Å²) in [6, 6.07) is 9.66. The van der Waals surface area contributed by atoms with Crippen molar-refractivity contribution >= 4 is 12.1 Å². The lowest BCUT2D eigenvalue weighted by Gasteiger charge is -2.19. The molecule has 0 radical (unpaired) electrons. The zero-order valence-electron chi connectivity index (χ0n) is 12.9. The number of carbonyl (C=O) groups excluding carboxylic acids is 2. The van der Waals surface area contributed by atoms with Crippen molar-refractivity contribution in [3.8, 4) is 0 Å². The number of ether oxygens (including phenoxy) is 3. The predicted molar refractivity (Wildman–Crippen MR) is 77.9 cm³/mol. The van der Waals surface area contributed by atoms with Gasteiger partial charge in [0, 0.05) is 6.42 Å². The van der Waals surface area contributed by atoms with Crippen LogP contribution < -0.4 is 0 Å². The molecule has 0 saturated heterocycles. The monoisotopic (exact) mass is 294 g/mol. The standard InChI is InChI=1S/C16H22O5/c1-12(10-13-8-6-5-7-9-13)20-15(18)19-11-14(17)21-16(2,3)4/h5-9,12H,10-11H2,1-4H3. The first-order valence-electron chi connectivity index (χ1n) is 6.85. The zero-order chi connectivity index (χ0) is 15.9. The predicted octanol–water partition coefficient (Wildman–Crippen LogP) is 3.11. The van der Waals surface area contributed by atoms with Crippen LogP contribution >= 0.6 is 0 Å². The molecule has 5 nitrogen and oxygen atoms in total. The normalized spacial score (nSPS) is 12.4. The van der Waals surface area contributed by atoms with E-state index in [4.69, 9.17) is 14.2 Å². The van der Waals surface area contributed by atoms with Crippen LogP contribution in [0.3, 0.4) is 0 Å². The second kappa shape index (κ2) is 7.67. The molecule has 0 aromatic heterocycles. The first kappa shape index (κ1) is 17.0. The summed E-state index contributed by atoms with van der Waals surface area (Å²) in [6.45, 7) is 6.54. The fourth-order valence-corrected chi connectivity index (χ4v) is 1.67. The lowest BCUT2D eigenvalue weighted by molar-refractivity contribution is -0.159. The van der Waals surface area contributed by atoms with Crippen LogP contribution in [0.5, 0.6) is 0 Å². The van der Waals surface area contributed by atoms with Gasteiger partial charge in [-0.15, -0.1) is 0 Å². The average molecular weight is 294 g/mol. The fourth-order valence-electron chi connectivity index (χ4n) is 1.67. The summed E-state index contributed by atoms with van der Waals surface area (Å²) in [6.07, 6.45) is -0.620. The number of rotatable bonds is 5. The number of hydrogen-bond donors (Lipinski definition) is 0. The Bertz CT molecular complexity index is 461. The Morgan fingerprint density at radius 3 is 2.33 bits per heavy atom. The van der Waals surface area contributed by atoms with Gasteiger partial charge >= 0.3 is 12.1 Å². The first-order chi connectivity index (χ1) is 9.76. The van der Waals surface area contributed by atoms with Gasteiger partial charge in [0.25, 0.3) is 0 Å². The maximum atomic E-state index is 11.5. The number of esters is 1. The third-order valence-corrected chi connectivity index (χ3v) is 2.39. The van der Waals surface area contributed by atoms with E-state index in [-0.39, 0.29) is 6.10 Å². The topological polar surface area (TPSA) is 61.8 Å². The molecule has 0 aliphatic rings. The van der Waals surface area contributed by atoms with Crippen LogP contribution in [0.2, 0.25) is 0 Å². The van der Waals surface area contributed by atoms with Gasteiger partial charge in [0.2, 0.25) is 0 Å². The van der Waals surface area contributed by atoms with Crippen molar-refractivity contribution in [1.29, 1.82) is 0 Å². The van der Waals surface area contributed by atoms with Crippen LogP contribution in [-0.2, 0) is 25.4 Å².